The molecule has 0 unspecified atom stereocenters. The highest BCUT2D eigenvalue weighted by Crippen LogP contribution is 2.43. The number of nitrogens with zero attached hydrogens (tertiary/aromatic N) is 3. The van der Waals surface area contributed by atoms with Gasteiger partial charge in [-0.3, -0.25) is 9.89 Å². The van der Waals surface area contributed by atoms with Gasteiger partial charge in [0.05, 0.1) is 6.61 Å². The molecule has 8 heteroatoms. The first kappa shape index (κ1) is 21.0. The molecule has 0 atom stereocenters. The Labute approximate surface area is 180 Å². The summed E-state index contributed by atoms with van der Waals surface area (Å²) in [5.41, 5.74) is 2.42. The summed E-state index contributed by atoms with van der Waals surface area (Å²) in [6.07, 6.45) is 2.52. The van der Waals surface area contributed by atoms with E-state index in [9.17, 15) is 9.59 Å². The lowest BCUT2D eigenvalue weighted by atomic mass is 9.90. The molecule has 1 aliphatic rings. The number of esters is 1. The zero-order valence-electron chi connectivity index (χ0n) is 18.2. The maximum atomic E-state index is 13.7. The Morgan fingerprint density at radius 1 is 1.29 bits per heavy atom. The smallest absolute Gasteiger partial charge is 0.361 e. The van der Waals surface area contributed by atoms with Gasteiger partial charge in [0.1, 0.15) is 11.4 Å². The van der Waals surface area contributed by atoms with Crippen molar-refractivity contribution >= 4 is 11.8 Å². The van der Waals surface area contributed by atoms with E-state index in [0.717, 1.165) is 29.8 Å². The fourth-order valence-electron chi connectivity index (χ4n) is 3.65. The highest BCUT2D eigenvalue weighted by atomic mass is 16.5. The Morgan fingerprint density at radius 3 is 2.68 bits per heavy atom. The molecule has 0 amide bonds. The molecule has 0 aliphatic heterocycles. The average Bonchev–Trinajstić information content (AvgIpc) is 3.32. The molecule has 162 valence electrons. The Balaban J connectivity index is 1.79. The summed E-state index contributed by atoms with van der Waals surface area (Å²) in [6, 6.07) is 5.55. The number of ether oxygens (including phenoxy) is 1. The molecule has 4 rings (SSSR count). The van der Waals surface area contributed by atoms with Crippen molar-refractivity contribution in [2.75, 3.05) is 6.61 Å². The summed E-state index contributed by atoms with van der Waals surface area (Å²) in [5.74, 6) is 1.33. The number of ketones is 1. The number of rotatable bonds is 8. The van der Waals surface area contributed by atoms with Crippen LogP contribution in [-0.2, 0) is 11.2 Å². The molecule has 2 aromatic heterocycles. The van der Waals surface area contributed by atoms with Crippen LogP contribution in [0.5, 0.6) is 0 Å². The van der Waals surface area contributed by atoms with E-state index in [4.69, 9.17) is 9.26 Å². The van der Waals surface area contributed by atoms with Gasteiger partial charge in [-0.2, -0.15) is 5.10 Å². The second-order valence-corrected chi connectivity index (χ2v) is 8.31. The largest absolute Gasteiger partial charge is 0.461 e. The van der Waals surface area contributed by atoms with Crippen molar-refractivity contribution in [1.82, 2.24) is 20.3 Å². The quantitative estimate of drug-likeness (QED) is 0.427. The molecule has 1 saturated carbocycles. The monoisotopic (exact) mass is 422 g/mol. The number of aromatic amines is 1. The first-order chi connectivity index (χ1) is 14.9. The van der Waals surface area contributed by atoms with Crippen LogP contribution in [-0.4, -0.2) is 38.7 Å². The minimum atomic E-state index is -0.639. The molecule has 31 heavy (non-hydrogen) atoms. The number of nitrogens with one attached hydrogen (secondary N) is 1. The van der Waals surface area contributed by atoms with Crippen LogP contribution in [0.3, 0.4) is 0 Å². The molecule has 0 radical (unpaired) electrons. The summed E-state index contributed by atoms with van der Waals surface area (Å²) in [5, 5.41) is 11.0. The predicted octanol–water partition coefficient (Wildman–Crippen LogP) is 4.25. The highest BCUT2D eigenvalue weighted by molar-refractivity contribution is 6.15. The molecule has 8 nitrogen and oxygen atoms in total. The summed E-state index contributed by atoms with van der Waals surface area (Å²) in [7, 11) is 0. The normalized spacial score (nSPS) is 13.6. The minimum absolute atomic E-state index is 0.0436. The molecule has 1 fully saturated rings. The Hall–Kier alpha value is -3.29. The third-order valence-corrected chi connectivity index (χ3v) is 5.20. The lowest BCUT2D eigenvalue weighted by Crippen LogP contribution is -2.15. The molecule has 2 heterocycles. The van der Waals surface area contributed by atoms with Crippen molar-refractivity contribution < 1.29 is 18.8 Å². The number of hydrogen-bond donors (Lipinski definition) is 1. The third kappa shape index (κ3) is 4.28. The Bertz CT molecular complexity index is 1120. The molecule has 1 aromatic carbocycles. The van der Waals surface area contributed by atoms with Crippen LogP contribution >= 0.6 is 0 Å². The molecule has 0 bridgehead atoms. The maximum Gasteiger partial charge on any atom is 0.361 e. The topological polar surface area (TPSA) is 111 Å². The fraction of sp³-hybridized carbons (Fsp3) is 0.435. The third-order valence-electron chi connectivity index (χ3n) is 5.20. The first-order valence-corrected chi connectivity index (χ1v) is 10.6. The second kappa shape index (κ2) is 8.45. The van der Waals surface area contributed by atoms with E-state index < -0.39 is 5.97 Å². The molecule has 1 aliphatic carbocycles. The van der Waals surface area contributed by atoms with Crippen LogP contribution in [0.15, 0.2) is 22.7 Å². The van der Waals surface area contributed by atoms with Crippen LogP contribution in [0.25, 0.3) is 11.4 Å². The van der Waals surface area contributed by atoms with Crippen LogP contribution in [0.1, 0.15) is 83.1 Å². The van der Waals surface area contributed by atoms with Gasteiger partial charge in [0, 0.05) is 17.0 Å². The SMILES string of the molecule is CCOC(=O)c1noc(C2CC2)c1C(=O)c1ccc(-c2n[nH]c(C)n2)cc1CC(C)C. The lowest BCUT2D eigenvalue weighted by Gasteiger charge is -2.13. The number of H-pyrrole nitrogens is 1. The van der Waals surface area contributed by atoms with Gasteiger partial charge in [0.2, 0.25) is 5.69 Å². The van der Waals surface area contributed by atoms with Crippen LogP contribution < -0.4 is 0 Å². The molecule has 0 saturated heterocycles. The van der Waals surface area contributed by atoms with E-state index in [0.29, 0.717) is 29.5 Å². The van der Waals surface area contributed by atoms with E-state index in [1.165, 1.54) is 0 Å². The van der Waals surface area contributed by atoms with Crippen molar-refractivity contribution in [3.05, 3.63) is 52.2 Å². The van der Waals surface area contributed by atoms with E-state index >= 15 is 0 Å². The van der Waals surface area contributed by atoms with Gasteiger partial charge in [-0.25, -0.2) is 9.78 Å². The standard InChI is InChI=1S/C23H26N4O4/c1-5-30-23(29)19-18(21(31-27-19)14-6-7-14)20(28)17-9-8-15(11-16(17)10-12(2)3)22-24-13(4)25-26-22/h8-9,11-12,14H,5-7,10H2,1-4H3,(H,24,25,26). The Kier molecular flexibility index (Phi) is 5.71. The number of carbonyl (C=O) groups is 2. The summed E-state index contributed by atoms with van der Waals surface area (Å²) in [6.45, 7) is 7.94. The first-order valence-electron chi connectivity index (χ1n) is 10.6. The van der Waals surface area contributed by atoms with Gasteiger partial charge in [0.15, 0.2) is 17.4 Å². The maximum absolute atomic E-state index is 13.7. The summed E-state index contributed by atoms with van der Waals surface area (Å²) in [4.78, 5) is 30.5. The fourth-order valence-corrected chi connectivity index (χ4v) is 3.65. The molecular formula is C23H26N4O4. The number of hydrogen-bond acceptors (Lipinski definition) is 7. The zero-order chi connectivity index (χ0) is 22.1. The van der Waals surface area contributed by atoms with Crippen molar-refractivity contribution in [2.45, 2.75) is 52.9 Å². The predicted molar refractivity (Wildman–Crippen MR) is 113 cm³/mol. The van der Waals surface area contributed by atoms with E-state index in [-0.39, 0.29) is 29.6 Å². The highest BCUT2D eigenvalue weighted by Gasteiger charge is 2.38. The van der Waals surface area contributed by atoms with Gasteiger partial charge in [0.25, 0.3) is 0 Å². The van der Waals surface area contributed by atoms with Gasteiger partial charge in [-0.05, 0) is 50.7 Å². The van der Waals surface area contributed by atoms with Gasteiger partial charge >= 0.3 is 5.97 Å². The van der Waals surface area contributed by atoms with Gasteiger partial charge in [-0.15, -0.1) is 0 Å². The summed E-state index contributed by atoms with van der Waals surface area (Å²) < 4.78 is 10.6. The van der Waals surface area contributed by atoms with Crippen LogP contribution in [0.2, 0.25) is 0 Å². The van der Waals surface area contributed by atoms with Crippen LogP contribution in [0, 0.1) is 12.8 Å². The number of benzene rings is 1. The number of aryl methyl sites for hydroxylation is 1. The van der Waals surface area contributed by atoms with Crippen molar-refractivity contribution in [3.8, 4) is 11.4 Å². The van der Waals surface area contributed by atoms with E-state index in [1.807, 2.05) is 19.1 Å². The van der Waals surface area contributed by atoms with Gasteiger partial charge in [-0.1, -0.05) is 31.1 Å². The molecule has 1 N–H and O–H groups in total. The van der Waals surface area contributed by atoms with E-state index in [1.54, 1.807) is 13.0 Å². The van der Waals surface area contributed by atoms with Crippen LogP contribution in [0.4, 0.5) is 0 Å². The Morgan fingerprint density at radius 2 is 2.06 bits per heavy atom. The number of carbonyl (C=O) groups excluding carboxylic acids is 2. The minimum Gasteiger partial charge on any atom is -0.461 e. The molecular weight excluding hydrogens is 396 g/mol. The van der Waals surface area contributed by atoms with E-state index in [2.05, 4.69) is 34.2 Å². The van der Waals surface area contributed by atoms with Gasteiger partial charge < -0.3 is 9.26 Å². The summed E-state index contributed by atoms with van der Waals surface area (Å²) >= 11 is 0. The second-order valence-electron chi connectivity index (χ2n) is 8.31. The lowest BCUT2D eigenvalue weighted by molar-refractivity contribution is 0.0512. The van der Waals surface area contributed by atoms with Crippen molar-refractivity contribution in [3.63, 3.8) is 0 Å². The van der Waals surface area contributed by atoms with Crippen molar-refractivity contribution in [1.29, 1.82) is 0 Å². The zero-order valence-corrected chi connectivity index (χ0v) is 18.2. The molecule has 0 spiro atoms. The van der Waals surface area contributed by atoms with Crippen molar-refractivity contribution in [2.24, 2.45) is 5.92 Å². The molecule has 3 aromatic rings. The number of aromatic nitrogens is 4. The average molecular weight is 422 g/mol.